The predicted molar refractivity (Wildman–Crippen MR) is 107 cm³/mol. The number of nitriles is 1. The highest BCUT2D eigenvalue weighted by Crippen LogP contribution is 2.30. The van der Waals surface area contributed by atoms with Gasteiger partial charge < -0.3 is 14.8 Å². The molecule has 0 spiro atoms. The van der Waals surface area contributed by atoms with E-state index < -0.39 is 5.91 Å². The summed E-state index contributed by atoms with van der Waals surface area (Å²) in [6.07, 6.45) is 1.45. The minimum atomic E-state index is -0.580. The number of ether oxygens (including phenoxy) is 2. The van der Waals surface area contributed by atoms with Gasteiger partial charge in [-0.15, -0.1) is 0 Å². The molecule has 5 nitrogen and oxygen atoms in total. The Bertz CT molecular complexity index is 918. The molecule has 1 amide bonds. The van der Waals surface area contributed by atoms with Crippen molar-refractivity contribution in [2.45, 2.75) is 20.0 Å². The Hall–Kier alpha value is -2.68. The summed E-state index contributed by atoms with van der Waals surface area (Å²) in [7, 11) is 1.52. The first-order valence-electron chi connectivity index (χ1n) is 8.07. The van der Waals surface area contributed by atoms with Crippen molar-refractivity contribution >= 4 is 40.9 Å². The summed E-state index contributed by atoms with van der Waals surface area (Å²) in [4.78, 5) is 12.4. The van der Waals surface area contributed by atoms with Gasteiger partial charge in [-0.25, -0.2) is 0 Å². The monoisotopic (exact) mass is 404 g/mol. The van der Waals surface area contributed by atoms with E-state index in [2.05, 4.69) is 5.32 Å². The first kappa shape index (κ1) is 20.6. The van der Waals surface area contributed by atoms with Crippen molar-refractivity contribution in [3.05, 3.63) is 57.6 Å². The van der Waals surface area contributed by atoms with Crippen molar-refractivity contribution in [3.8, 4) is 17.6 Å². The van der Waals surface area contributed by atoms with Gasteiger partial charge in [-0.3, -0.25) is 4.79 Å². The predicted octanol–water partition coefficient (Wildman–Crippen LogP) is 5.33. The second kappa shape index (κ2) is 9.31. The normalized spacial score (nSPS) is 11.1. The summed E-state index contributed by atoms with van der Waals surface area (Å²) in [6, 6.07) is 11.7. The minimum Gasteiger partial charge on any atom is -0.493 e. The summed E-state index contributed by atoms with van der Waals surface area (Å²) in [6.45, 7) is 3.82. The zero-order valence-electron chi connectivity index (χ0n) is 15.0. The molecule has 0 bridgehead atoms. The van der Waals surface area contributed by atoms with Crippen LogP contribution in [0.4, 0.5) is 5.69 Å². The maximum Gasteiger partial charge on any atom is 0.266 e. The molecule has 0 aromatic heterocycles. The number of rotatable bonds is 6. The standard InChI is InChI=1S/C20H18Cl2N2O3/c1-12(2)27-18-7-4-13(9-19(18)26-3)8-14(11-23)20(25)24-17-6-5-15(21)10-16(17)22/h4-10,12H,1-3H3,(H,24,25). The molecule has 2 rings (SSSR count). The number of amides is 1. The van der Waals surface area contributed by atoms with E-state index >= 15 is 0 Å². The quantitative estimate of drug-likeness (QED) is 0.521. The fourth-order valence-corrected chi connectivity index (χ4v) is 2.68. The molecule has 27 heavy (non-hydrogen) atoms. The zero-order valence-corrected chi connectivity index (χ0v) is 16.6. The van der Waals surface area contributed by atoms with Gasteiger partial charge in [-0.2, -0.15) is 5.26 Å². The van der Waals surface area contributed by atoms with Crippen LogP contribution >= 0.6 is 23.2 Å². The van der Waals surface area contributed by atoms with Crippen LogP contribution in [0.2, 0.25) is 10.0 Å². The van der Waals surface area contributed by atoms with Crippen molar-refractivity contribution in [1.29, 1.82) is 5.26 Å². The Labute approximate surface area is 168 Å². The van der Waals surface area contributed by atoms with E-state index in [1.54, 1.807) is 30.3 Å². The van der Waals surface area contributed by atoms with E-state index in [-0.39, 0.29) is 16.7 Å². The fourth-order valence-electron chi connectivity index (χ4n) is 2.22. The van der Waals surface area contributed by atoms with Crippen molar-refractivity contribution < 1.29 is 14.3 Å². The lowest BCUT2D eigenvalue weighted by atomic mass is 10.1. The molecule has 140 valence electrons. The zero-order chi connectivity index (χ0) is 20.0. The Morgan fingerprint density at radius 3 is 2.52 bits per heavy atom. The van der Waals surface area contributed by atoms with Crippen LogP contribution in [0.15, 0.2) is 42.0 Å². The van der Waals surface area contributed by atoms with Gasteiger partial charge in [-0.1, -0.05) is 29.3 Å². The maximum atomic E-state index is 12.4. The van der Waals surface area contributed by atoms with Crippen LogP contribution < -0.4 is 14.8 Å². The van der Waals surface area contributed by atoms with E-state index in [9.17, 15) is 10.1 Å². The highest BCUT2D eigenvalue weighted by atomic mass is 35.5. The molecule has 0 heterocycles. The van der Waals surface area contributed by atoms with Gasteiger partial charge in [-0.05, 0) is 55.8 Å². The number of methoxy groups -OCH3 is 1. The first-order valence-corrected chi connectivity index (χ1v) is 8.82. The fraction of sp³-hybridized carbons (Fsp3) is 0.200. The van der Waals surface area contributed by atoms with Gasteiger partial charge >= 0.3 is 0 Å². The lowest BCUT2D eigenvalue weighted by Gasteiger charge is -2.14. The molecule has 0 unspecified atom stereocenters. The second-order valence-electron chi connectivity index (χ2n) is 5.83. The number of nitrogens with one attached hydrogen (secondary N) is 1. The third-order valence-corrected chi connectivity index (χ3v) is 3.95. The summed E-state index contributed by atoms with van der Waals surface area (Å²) < 4.78 is 11.0. The molecule has 2 aromatic rings. The number of hydrogen-bond acceptors (Lipinski definition) is 4. The molecule has 0 atom stereocenters. The van der Waals surface area contributed by atoms with Gasteiger partial charge in [0.15, 0.2) is 11.5 Å². The van der Waals surface area contributed by atoms with Gasteiger partial charge in [0.05, 0.1) is 23.9 Å². The number of carbonyl (C=O) groups excluding carboxylic acids is 1. The van der Waals surface area contributed by atoms with E-state index in [1.807, 2.05) is 19.9 Å². The molecule has 1 N–H and O–H groups in total. The Kier molecular flexibility index (Phi) is 7.12. The van der Waals surface area contributed by atoms with Crippen LogP contribution in [0, 0.1) is 11.3 Å². The van der Waals surface area contributed by atoms with Crippen LogP contribution in [-0.2, 0) is 4.79 Å². The molecule has 0 aliphatic heterocycles. The SMILES string of the molecule is COc1cc(C=C(C#N)C(=O)Nc2ccc(Cl)cc2Cl)ccc1OC(C)C. The van der Waals surface area contributed by atoms with Gasteiger partial charge in [0.2, 0.25) is 0 Å². The smallest absolute Gasteiger partial charge is 0.266 e. The van der Waals surface area contributed by atoms with Gasteiger partial charge in [0.25, 0.3) is 5.91 Å². The van der Waals surface area contributed by atoms with Crippen molar-refractivity contribution in [2.24, 2.45) is 0 Å². The molecule has 0 aliphatic rings. The summed E-state index contributed by atoms with van der Waals surface area (Å²) in [5.41, 5.74) is 0.905. The number of carbonyl (C=O) groups is 1. The lowest BCUT2D eigenvalue weighted by molar-refractivity contribution is -0.112. The average molecular weight is 405 g/mol. The molecular weight excluding hydrogens is 387 g/mol. The van der Waals surface area contributed by atoms with E-state index in [0.717, 1.165) is 0 Å². The number of halogens is 2. The van der Waals surface area contributed by atoms with Crippen LogP contribution in [0.25, 0.3) is 6.08 Å². The van der Waals surface area contributed by atoms with Crippen LogP contribution in [-0.4, -0.2) is 19.1 Å². The molecule has 0 fully saturated rings. The lowest BCUT2D eigenvalue weighted by Crippen LogP contribution is -2.13. The summed E-state index contributed by atoms with van der Waals surface area (Å²) >= 11 is 11.9. The molecule has 2 aromatic carbocycles. The largest absolute Gasteiger partial charge is 0.493 e. The molecule has 0 saturated heterocycles. The second-order valence-corrected chi connectivity index (χ2v) is 6.67. The topological polar surface area (TPSA) is 71.3 Å². The Morgan fingerprint density at radius 2 is 1.93 bits per heavy atom. The van der Waals surface area contributed by atoms with Crippen molar-refractivity contribution in [2.75, 3.05) is 12.4 Å². The minimum absolute atomic E-state index is 0.00939. The third kappa shape index (κ3) is 5.65. The van der Waals surface area contributed by atoms with E-state index in [1.165, 1.54) is 19.3 Å². The first-order chi connectivity index (χ1) is 12.8. The Balaban J connectivity index is 2.26. The highest BCUT2D eigenvalue weighted by Gasteiger charge is 2.13. The molecule has 0 saturated carbocycles. The van der Waals surface area contributed by atoms with E-state index in [4.69, 9.17) is 32.7 Å². The summed E-state index contributed by atoms with van der Waals surface area (Å²) in [5, 5.41) is 12.7. The van der Waals surface area contributed by atoms with Crippen molar-refractivity contribution in [3.63, 3.8) is 0 Å². The number of anilines is 1. The Morgan fingerprint density at radius 1 is 1.19 bits per heavy atom. The molecule has 0 aliphatic carbocycles. The van der Waals surface area contributed by atoms with Crippen LogP contribution in [0.3, 0.4) is 0 Å². The number of benzene rings is 2. The van der Waals surface area contributed by atoms with E-state index in [0.29, 0.717) is 27.8 Å². The highest BCUT2D eigenvalue weighted by molar-refractivity contribution is 6.36. The molecular formula is C20H18Cl2N2O3. The van der Waals surface area contributed by atoms with Gasteiger partial charge in [0.1, 0.15) is 11.6 Å². The van der Waals surface area contributed by atoms with Gasteiger partial charge in [0, 0.05) is 5.02 Å². The average Bonchev–Trinajstić information content (AvgIpc) is 2.62. The van der Waals surface area contributed by atoms with Crippen molar-refractivity contribution in [1.82, 2.24) is 0 Å². The van der Waals surface area contributed by atoms with Crippen LogP contribution in [0.1, 0.15) is 19.4 Å². The molecule has 0 radical (unpaired) electrons. The summed E-state index contributed by atoms with van der Waals surface area (Å²) in [5.74, 6) is 0.514. The number of nitrogens with zero attached hydrogens (tertiary/aromatic N) is 1. The van der Waals surface area contributed by atoms with Crippen LogP contribution in [0.5, 0.6) is 11.5 Å². The number of hydrogen-bond donors (Lipinski definition) is 1. The maximum absolute atomic E-state index is 12.4. The molecule has 7 heteroatoms. The third-order valence-electron chi connectivity index (χ3n) is 3.41.